The molecule has 0 atom stereocenters. The van der Waals surface area contributed by atoms with Crippen molar-refractivity contribution in [2.45, 2.75) is 21.6 Å². The first kappa shape index (κ1) is 14.9. The first-order valence-corrected chi connectivity index (χ1v) is 8.30. The van der Waals surface area contributed by atoms with Crippen LogP contribution in [0.5, 0.6) is 0 Å². The number of hydrogen-bond donors (Lipinski definition) is 2. The van der Waals surface area contributed by atoms with Crippen molar-refractivity contribution in [1.82, 2.24) is 4.72 Å². The van der Waals surface area contributed by atoms with E-state index in [1.807, 2.05) is 25.1 Å². The Kier molecular flexibility index (Phi) is 4.37. The monoisotopic (exact) mass is 308 g/mol. The third kappa shape index (κ3) is 3.33. The van der Waals surface area contributed by atoms with Crippen LogP contribution >= 0.6 is 11.8 Å². The van der Waals surface area contributed by atoms with Gasteiger partial charge in [-0.05, 0) is 44.3 Å². The normalized spacial score (nSPS) is 11.5. The molecule has 3 N–H and O–H groups in total. The van der Waals surface area contributed by atoms with E-state index in [4.69, 9.17) is 5.73 Å². The summed E-state index contributed by atoms with van der Waals surface area (Å²) in [5.41, 5.74) is 7.57. The number of hydrogen-bond acceptors (Lipinski definition) is 4. The molecule has 0 aromatic heterocycles. The number of sulfonamides is 1. The molecule has 6 heteroatoms. The van der Waals surface area contributed by atoms with E-state index in [0.29, 0.717) is 5.69 Å². The van der Waals surface area contributed by atoms with Crippen molar-refractivity contribution in [2.75, 3.05) is 12.8 Å². The first-order chi connectivity index (χ1) is 9.42. The van der Waals surface area contributed by atoms with E-state index < -0.39 is 10.0 Å². The van der Waals surface area contributed by atoms with Gasteiger partial charge in [0, 0.05) is 15.5 Å². The van der Waals surface area contributed by atoms with Gasteiger partial charge in [-0.3, -0.25) is 0 Å². The van der Waals surface area contributed by atoms with Crippen molar-refractivity contribution < 1.29 is 8.42 Å². The molecule has 0 amide bonds. The average molecular weight is 308 g/mol. The minimum atomic E-state index is -3.46. The van der Waals surface area contributed by atoms with Crippen LogP contribution in [0.4, 0.5) is 5.69 Å². The second-order valence-corrected chi connectivity index (χ2v) is 7.33. The molecule has 0 radical (unpaired) electrons. The molecule has 0 fully saturated rings. The van der Waals surface area contributed by atoms with Gasteiger partial charge in [0.05, 0.1) is 4.90 Å². The van der Waals surface area contributed by atoms with Gasteiger partial charge in [-0.1, -0.05) is 29.5 Å². The third-order valence-electron chi connectivity index (χ3n) is 2.78. The Bertz CT molecular complexity index is 728. The molecule has 0 saturated carbocycles. The van der Waals surface area contributed by atoms with Gasteiger partial charge in [0.1, 0.15) is 0 Å². The Morgan fingerprint density at radius 3 is 2.50 bits per heavy atom. The standard InChI is InChI=1S/C14H16N2O2S2/c1-10-4-3-5-11(8-10)19-14-7-6-12(9-13(14)15)20(17,18)16-2/h3-9,16H,15H2,1-2H3. The number of nitrogen functional groups attached to an aromatic ring is 1. The van der Waals surface area contributed by atoms with Crippen molar-refractivity contribution in [3.63, 3.8) is 0 Å². The van der Waals surface area contributed by atoms with E-state index in [1.54, 1.807) is 12.1 Å². The summed E-state index contributed by atoms with van der Waals surface area (Å²) in [6.45, 7) is 2.02. The molecule has 0 aliphatic rings. The summed E-state index contributed by atoms with van der Waals surface area (Å²) in [7, 11) is -2.08. The Labute approximate surface area is 123 Å². The second-order valence-electron chi connectivity index (χ2n) is 4.33. The van der Waals surface area contributed by atoms with Gasteiger partial charge < -0.3 is 5.73 Å². The Balaban J connectivity index is 2.31. The number of nitrogens with one attached hydrogen (secondary N) is 1. The van der Waals surface area contributed by atoms with E-state index in [1.165, 1.54) is 30.4 Å². The summed E-state index contributed by atoms with van der Waals surface area (Å²) >= 11 is 1.52. The van der Waals surface area contributed by atoms with E-state index >= 15 is 0 Å². The Morgan fingerprint density at radius 2 is 1.90 bits per heavy atom. The zero-order chi connectivity index (χ0) is 14.8. The zero-order valence-corrected chi connectivity index (χ0v) is 12.9. The second kappa shape index (κ2) is 5.87. The predicted molar refractivity (Wildman–Crippen MR) is 82.4 cm³/mol. The summed E-state index contributed by atoms with van der Waals surface area (Å²) in [4.78, 5) is 2.08. The van der Waals surface area contributed by atoms with Crippen LogP contribution in [0, 0.1) is 6.92 Å². The van der Waals surface area contributed by atoms with E-state index in [9.17, 15) is 8.42 Å². The molecule has 4 nitrogen and oxygen atoms in total. The van der Waals surface area contributed by atoms with Crippen LogP contribution in [-0.4, -0.2) is 15.5 Å². The van der Waals surface area contributed by atoms with Crippen molar-refractivity contribution in [3.8, 4) is 0 Å². The zero-order valence-electron chi connectivity index (χ0n) is 11.3. The number of anilines is 1. The van der Waals surface area contributed by atoms with E-state index in [0.717, 1.165) is 9.79 Å². The van der Waals surface area contributed by atoms with Crippen molar-refractivity contribution in [1.29, 1.82) is 0 Å². The van der Waals surface area contributed by atoms with Crippen LogP contribution < -0.4 is 10.5 Å². The largest absolute Gasteiger partial charge is 0.398 e. The molecule has 0 unspecified atom stereocenters. The quantitative estimate of drug-likeness (QED) is 0.852. The molecule has 0 heterocycles. The first-order valence-electron chi connectivity index (χ1n) is 6.00. The van der Waals surface area contributed by atoms with Gasteiger partial charge in [-0.25, -0.2) is 13.1 Å². The fraction of sp³-hybridized carbons (Fsp3) is 0.143. The lowest BCUT2D eigenvalue weighted by Crippen LogP contribution is -2.18. The molecule has 20 heavy (non-hydrogen) atoms. The van der Waals surface area contributed by atoms with Crippen LogP contribution in [-0.2, 0) is 10.0 Å². The number of nitrogens with two attached hydrogens (primary N) is 1. The minimum absolute atomic E-state index is 0.172. The van der Waals surface area contributed by atoms with Gasteiger partial charge in [-0.15, -0.1) is 0 Å². The van der Waals surface area contributed by atoms with Crippen LogP contribution in [0.1, 0.15) is 5.56 Å². The van der Waals surface area contributed by atoms with Crippen molar-refractivity contribution in [3.05, 3.63) is 48.0 Å². The van der Waals surface area contributed by atoms with Gasteiger partial charge in [0.2, 0.25) is 10.0 Å². The number of rotatable bonds is 4. The van der Waals surface area contributed by atoms with Crippen molar-refractivity contribution >= 4 is 27.5 Å². The minimum Gasteiger partial charge on any atom is -0.398 e. The molecule has 2 rings (SSSR count). The van der Waals surface area contributed by atoms with E-state index in [-0.39, 0.29) is 4.90 Å². The lowest BCUT2D eigenvalue weighted by atomic mass is 10.2. The van der Waals surface area contributed by atoms with Gasteiger partial charge in [0.25, 0.3) is 0 Å². The molecule has 2 aromatic rings. The molecular weight excluding hydrogens is 292 g/mol. The van der Waals surface area contributed by atoms with Crippen LogP contribution in [0.3, 0.4) is 0 Å². The van der Waals surface area contributed by atoms with Gasteiger partial charge in [-0.2, -0.15) is 0 Å². The molecule has 106 valence electrons. The predicted octanol–water partition coefficient (Wildman–Crippen LogP) is 2.64. The third-order valence-corrected chi connectivity index (χ3v) is 5.27. The molecule has 0 aliphatic heterocycles. The Hall–Kier alpha value is -1.50. The molecule has 0 spiro atoms. The highest BCUT2D eigenvalue weighted by Gasteiger charge is 2.13. The summed E-state index contributed by atoms with van der Waals surface area (Å²) in [5, 5.41) is 0. The summed E-state index contributed by atoms with van der Waals surface area (Å²) < 4.78 is 25.7. The van der Waals surface area contributed by atoms with Crippen LogP contribution in [0.2, 0.25) is 0 Å². The van der Waals surface area contributed by atoms with Gasteiger partial charge in [0.15, 0.2) is 0 Å². The number of aryl methyl sites for hydroxylation is 1. The summed E-state index contributed by atoms with van der Waals surface area (Å²) in [6.07, 6.45) is 0. The summed E-state index contributed by atoms with van der Waals surface area (Å²) in [5.74, 6) is 0. The highest BCUT2D eigenvalue weighted by atomic mass is 32.2. The smallest absolute Gasteiger partial charge is 0.240 e. The highest BCUT2D eigenvalue weighted by molar-refractivity contribution is 7.99. The lowest BCUT2D eigenvalue weighted by Gasteiger charge is -2.08. The molecule has 0 bridgehead atoms. The SMILES string of the molecule is CNS(=O)(=O)c1ccc(Sc2cccc(C)c2)c(N)c1. The maximum Gasteiger partial charge on any atom is 0.240 e. The fourth-order valence-electron chi connectivity index (χ4n) is 1.71. The van der Waals surface area contributed by atoms with Gasteiger partial charge >= 0.3 is 0 Å². The molecular formula is C14H16N2O2S2. The summed E-state index contributed by atoms with van der Waals surface area (Å²) in [6, 6.07) is 12.8. The number of benzene rings is 2. The fourth-order valence-corrected chi connectivity index (χ4v) is 3.43. The lowest BCUT2D eigenvalue weighted by molar-refractivity contribution is 0.588. The molecule has 2 aromatic carbocycles. The maximum absolute atomic E-state index is 11.7. The van der Waals surface area contributed by atoms with E-state index in [2.05, 4.69) is 10.8 Å². The van der Waals surface area contributed by atoms with Crippen LogP contribution in [0.25, 0.3) is 0 Å². The highest BCUT2D eigenvalue weighted by Crippen LogP contribution is 2.33. The maximum atomic E-state index is 11.7. The topological polar surface area (TPSA) is 72.2 Å². The average Bonchev–Trinajstić information content (AvgIpc) is 2.41. The van der Waals surface area contributed by atoms with Crippen LogP contribution in [0.15, 0.2) is 57.2 Å². The Morgan fingerprint density at radius 1 is 1.15 bits per heavy atom. The molecule has 0 aliphatic carbocycles. The van der Waals surface area contributed by atoms with Crippen molar-refractivity contribution in [2.24, 2.45) is 0 Å². The molecule has 0 saturated heterocycles.